The van der Waals surface area contributed by atoms with Gasteiger partial charge in [0.1, 0.15) is 0 Å². The van der Waals surface area contributed by atoms with Crippen LogP contribution in [0.1, 0.15) is 24.2 Å². The van der Waals surface area contributed by atoms with E-state index in [1.807, 2.05) is 50.2 Å². The molecule has 0 aliphatic rings. The highest BCUT2D eigenvalue weighted by atomic mass is 79.9. The van der Waals surface area contributed by atoms with Gasteiger partial charge >= 0.3 is 0 Å². The second-order valence-corrected chi connectivity index (χ2v) is 6.63. The number of hydrogen-bond acceptors (Lipinski definition) is 3. The van der Waals surface area contributed by atoms with Crippen LogP contribution in [-0.2, 0) is 0 Å². The molecule has 122 valence electrons. The quantitative estimate of drug-likeness (QED) is 0.743. The Hall–Kier alpha value is -2.47. The summed E-state index contributed by atoms with van der Waals surface area (Å²) in [7, 11) is 0. The Morgan fingerprint density at radius 2 is 1.75 bits per heavy atom. The molecule has 1 amide bonds. The van der Waals surface area contributed by atoms with E-state index in [0.29, 0.717) is 5.56 Å². The zero-order valence-corrected chi connectivity index (χ0v) is 15.0. The van der Waals surface area contributed by atoms with Crippen LogP contribution in [0.5, 0.6) is 0 Å². The molecule has 0 spiro atoms. The van der Waals surface area contributed by atoms with Crippen molar-refractivity contribution in [3.63, 3.8) is 0 Å². The average molecular weight is 385 g/mol. The van der Waals surface area contributed by atoms with Crippen LogP contribution >= 0.6 is 15.9 Å². The summed E-state index contributed by atoms with van der Waals surface area (Å²) < 4.78 is 2.78. The van der Waals surface area contributed by atoms with Crippen molar-refractivity contribution >= 4 is 21.8 Å². The number of nitrogens with zero attached hydrogens (tertiary/aromatic N) is 3. The first-order valence-electron chi connectivity index (χ1n) is 7.62. The summed E-state index contributed by atoms with van der Waals surface area (Å²) in [6.45, 7) is 3.87. The van der Waals surface area contributed by atoms with E-state index in [4.69, 9.17) is 0 Å². The summed E-state index contributed by atoms with van der Waals surface area (Å²) >= 11 is 3.43. The molecule has 1 N–H and O–H groups in total. The maximum atomic E-state index is 12.0. The minimum Gasteiger partial charge on any atom is -0.350 e. The fraction of sp³-hybridized carbons (Fsp3) is 0.167. The van der Waals surface area contributed by atoms with Gasteiger partial charge in [0.25, 0.3) is 5.91 Å². The van der Waals surface area contributed by atoms with Crippen LogP contribution in [0, 0.1) is 0 Å². The van der Waals surface area contributed by atoms with E-state index >= 15 is 0 Å². The maximum absolute atomic E-state index is 12.0. The van der Waals surface area contributed by atoms with Gasteiger partial charge in [0, 0.05) is 21.6 Å². The molecular formula is C18H17BrN4O. The molecule has 3 rings (SSSR count). The van der Waals surface area contributed by atoms with Crippen LogP contribution in [-0.4, -0.2) is 26.9 Å². The molecule has 24 heavy (non-hydrogen) atoms. The average Bonchev–Trinajstić information content (AvgIpc) is 3.04. The zero-order chi connectivity index (χ0) is 17.1. The van der Waals surface area contributed by atoms with Gasteiger partial charge in [0.2, 0.25) is 0 Å². The van der Waals surface area contributed by atoms with Crippen molar-refractivity contribution < 1.29 is 4.79 Å². The van der Waals surface area contributed by atoms with Gasteiger partial charge < -0.3 is 5.32 Å². The first kappa shape index (κ1) is 16.4. The minimum absolute atomic E-state index is 0.0803. The van der Waals surface area contributed by atoms with Gasteiger partial charge in [-0.15, -0.1) is 5.10 Å². The molecule has 0 atom stereocenters. The molecule has 6 heteroatoms. The van der Waals surface area contributed by atoms with E-state index in [0.717, 1.165) is 21.4 Å². The lowest BCUT2D eigenvalue weighted by molar-refractivity contribution is 0.0943. The number of nitrogens with one attached hydrogen (secondary N) is 1. The number of carbonyl (C=O) groups is 1. The van der Waals surface area contributed by atoms with Gasteiger partial charge in [-0.25, -0.2) is 4.68 Å². The standard InChI is InChI=1S/C18H17BrN4O/c1-12(2)21-18(24)14-5-9-16(10-6-14)23-17(11-20-22-23)13-3-7-15(19)8-4-13/h3-12H,1-2H3,(H,21,24). The molecular weight excluding hydrogens is 368 g/mol. The summed E-state index contributed by atoms with van der Waals surface area (Å²) in [5, 5.41) is 11.1. The fourth-order valence-electron chi connectivity index (χ4n) is 2.34. The molecule has 0 fully saturated rings. The molecule has 0 saturated carbocycles. The lowest BCUT2D eigenvalue weighted by atomic mass is 10.1. The van der Waals surface area contributed by atoms with Crippen LogP contribution in [0.3, 0.4) is 0 Å². The van der Waals surface area contributed by atoms with E-state index in [2.05, 4.69) is 31.6 Å². The maximum Gasteiger partial charge on any atom is 0.251 e. The first-order chi connectivity index (χ1) is 11.5. The Morgan fingerprint density at radius 3 is 2.38 bits per heavy atom. The van der Waals surface area contributed by atoms with Crippen molar-refractivity contribution in [2.24, 2.45) is 0 Å². The summed E-state index contributed by atoms with van der Waals surface area (Å²) in [6.07, 6.45) is 1.72. The van der Waals surface area contributed by atoms with Crippen molar-refractivity contribution in [2.75, 3.05) is 0 Å². The molecule has 0 aliphatic heterocycles. The Labute approximate surface area is 148 Å². The predicted octanol–water partition coefficient (Wildman–Crippen LogP) is 3.84. The third-order valence-corrected chi connectivity index (χ3v) is 4.01. The predicted molar refractivity (Wildman–Crippen MR) is 97.1 cm³/mol. The van der Waals surface area contributed by atoms with Crippen LogP contribution in [0.4, 0.5) is 0 Å². The Balaban J connectivity index is 1.89. The first-order valence-corrected chi connectivity index (χ1v) is 8.42. The number of halogens is 1. The van der Waals surface area contributed by atoms with E-state index < -0.39 is 0 Å². The lowest BCUT2D eigenvalue weighted by Gasteiger charge is -2.10. The van der Waals surface area contributed by atoms with Gasteiger partial charge in [-0.1, -0.05) is 33.3 Å². The van der Waals surface area contributed by atoms with Crippen molar-refractivity contribution in [3.05, 3.63) is 64.8 Å². The largest absolute Gasteiger partial charge is 0.350 e. The number of benzene rings is 2. The lowest BCUT2D eigenvalue weighted by Crippen LogP contribution is -2.29. The van der Waals surface area contributed by atoms with E-state index in [1.54, 1.807) is 23.0 Å². The van der Waals surface area contributed by atoms with Crippen molar-refractivity contribution in [1.82, 2.24) is 20.3 Å². The highest BCUT2D eigenvalue weighted by Crippen LogP contribution is 2.23. The van der Waals surface area contributed by atoms with E-state index in [9.17, 15) is 4.79 Å². The third kappa shape index (κ3) is 3.54. The molecule has 0 aliphatic carbocycles. The van der Waals surface area contributed by atoms with Crippen molar-refractivity contribution in [1.29, 1.82) is 0 Å². The summed E-state index contributed by atoms with van der Waals surface area (Å²) in [5.41, 5.74) is 3.39. The Bertz CT molecular complexity index is 838. The van der Waals surface area contributed by atoms with Crippen LogP contribution in [0.2, 0.25) is 0 Å². The molecule has 3 aromatic rings. The molecule has 0 saturated heterocycles. The van der Waals surface area contributed by atoms with Gasteiger partial charge in [-0.2, -0.15) is 0 Å². The van der Waals surface area contributed by atoms with Crippen LogP contribution in [0.15, 0.2) is 59.2 Å². The van der Waals surface area contributed by atoms with Gasteiger partial charge in [-0.3, -0.25) is 4.79 Å². The molecule has 0 bridgehead atoms. The number of carbonyl (C=O) groups excluding carboxylic acids is 1. The Kier molecular flexibility index (Phi) is 4.76. The van der Waals surface area contributed by atoms with Gasteiger partial charge in [0.15, 0.2) is 0 Å². The molecule has 2 aromatic carbocycles. The van der Waals surface area contributed by atoms with Gasteiger partial charge in [0.05, 0.1) is 17.6 Å². The van der Waals surface area contributed by atoms with Crippen LogP contribution in [0.25, 0.3) is 16.9 Å². The molecule has 5 nitrogen and oxygen atoms in total. The molecule has 0 radical (unpaired) electrons. The monoisotopic (exact) mass is 384 g/mol. The second kappa shape index (κ2) is 6.97. The second-order valence-electron chi connectivity index (χ2n) is 5.71. The third-order valence-electron chi connectivity index (χ3n) is 3.48. The number of rotatable bonds is 4. The smallest absolute Gasteiger partial charge is 0.251 e. The Morgan fingerprint density at radius 1 is 1.08 bits per heavy atom. The minimum atomic E-state index is -0.0803. The van der Waals surface area contributed by atoms with E-state index in [1.165, 1.54) is 0 Å². The van der Waals surface area contributed by atoms with Crippen LogP contribution < -0.4 is 5.32 Å². The normalized spacial score (nSPS) is 10.8. The highest BCUT2D eigenvalue weighted by Gasteiger charge is 2.11. The molecule has 1 heterocycles. The zero-order valence-electron chi connectivity index (χ0n) is 13.4. The summed E-state index contributed by atoms with van der Waals surface area (Å²) in [4.78, 5) is 12.0. The summed E-state index contributed by atoms with van der Waals surface area (Å²) in [5.74, 6) is -0.0803. The van der Waals surface area contributed by atoms with Gasteiger partial charge in [-0.05, 0) is 50.2 Å². The van der Waals surface area contributed by atoms with Crippen molar-refractivity contribution in [3.8, 4) is 16.9 Å². The number of amides is 1. The summed E-state index contributed by atoms with van der Waals surface area (Å²) in [6, 6.07) is 15.4. The highest BCUT2D eigenvalue weighted by molar-refractivity contribution is 9.10. The molecule has 1 aromatic heterocycles. The SMILES string of the molecule is CC(C)NC(=O)c1ccc(-n2nncc2-c2ccc(Br)cc2)cc1. The topological polar surface area (TPSA) is 59.8 Å². The fourth-order valence-corrected chi connectivity index (χ4v) is 2.61. The number of hydrogen-bond donors (Lipinski definition) is 1. The number of aromatic nitrogens is 3. The molecule has 0 unspecified atom stereocenters. The van der Waals surface area contributed by atoms with E-state index in [-0.39, 0.29) is 11.9 Å². The van der Waals surface area contributed by atoms with Crippen molar-refractivity contribution in [2.45, 2.75) is 19.9 Å².